The number of ketones is 1. The van der Waals surface area contributed by atoms with E-state index in [1.165, 1.54) is 37.7 Å². The van der Waals surface area contributed by atoms with E-state index in [4.69, 9.17) is 5.11 Å². The van der Waals surface area contributed by atoms with Gasteiger partial charge in [0.1, 0.15) is 0 Å². The number of hydrogen-bond donors (Lipinski definition) is 2. The Bertz CT molecular complexity index is 414. The van der Waals surface area contributed by atoms with E-state index < -0.39 is 11.8 Å². The number of carboxylic acid groups (broad SMARTS) is 1. The molecule has 0 aromatic carbocycles. The third kappa shape index (κ3) is 8.09. The number of carbonyl (C=O) groups is 2. The molecule has 1 rings (SSSR count). The molecule has 1 unspecified atom stereocenters. The van der Waals surface area contributed by atoms with Crippen LogP contribution in [0.4, 0.5) is 0 Å². The third-order valence-corrected chi connectivity index (χ3v) is 5.04. The number of allylic oxidation sites excluding steroid dienone is 1. The normalized spacial score (nSPS) is 22.2. The highest BCUT2D eigenvalue weighted by atomic mass is 16.4. The van der Waals surface area contributed by atoms with Crippen molar-refractivity contribution in [2.75, 3.05) is 0 Å². The molecule has 1 fully saturated rings. The number of carbonyl (C=O) groups excluding carboxylic acids is 1. The molecular weight excluding hydrogens is 304 g/mol. The van der Waals surface area contributed by atoms with Crippen molar-refractivity contribution < 1.29 is 19.8 Å². The molecule has 0 aliphatic heterocycles. The number of unbranched alkanes of at least 4 members (excludes halogenated alkanes) is 7. The van der Waals surface area contributed by atoms with Gasteiger partial charge in [-0.05, 0) is 38.5 Å². The molecule has 0 spiro atoms. The lowest BCUT2D eigenvalue weighted by atomic mass is 9.92. The van der Waals surface area contributed by atoms with Crippen LogP contribution in [-0.2, 0) is 9.59 Å². The molecule has 0 amide bonds. The SMILES string of the molecule is CCCCCCCC=C1CCC(O)[C@@H]1CCCCCC(=O)C(=O)O. The molecule has 2 atom stereocenters. The van der Waals surface area contributed by atoms with Crippen molar-refractivity contribution in [2.45, 2.75) is 96.5 Å². The van der Waals surface area contributed by atoms with Gasteiger partial charge in [0.2, 0.25) is 5.78 Å². The fourth-order valence-corrected chi connectivity index (χ4v) is 3.55. The van der Waals surface area contributed by atoms with Gasteiger partial charge in [-0.25, -0.2) is 4.79 Å². The molecule has 0 aromatic heterocycles. The average molecular weight is 338 g/mol. The lowest BCUT2D eigenvalue weighted by Gasteiger charge is -2.16. The van der Waals surface area contributed by atoms with Crippen LogP contribution in [0.3, 0.4) is 0 Å². The summed E-state index contributed by atoms with van der Waals surface area (Å²) in [5, 5.41) is 18.7. The van der Waals surface area contributed by atoms with Crippen LogP contribution < -0.4 is 0 Å². The first kappa shape index (κ1) is 20.9. The van der Waals surface area contributed by atoms with Crippen molar-refractivity contribution >= 4 is 11.8 Å². The number of aliphatic hydroxyl groups is 1. The van der Waals surface area contributed by atoms with Crippen LogP contribution in [0.1, 0.15) is 90.4 Å². The molecule has 0 heterocycles. The van der Waals surface area contributed by atoms with Gasteiger partial charge < -0.3 is 10.2 Å². The van der Waals surface area contributed by atoms with Gasteiger partial charge in [-0.2, -0.15) is 0 Å². The van der Waals surface area contributed by atoms with Gasteiger partial charge in [-0.3, -0.25) is 4.79 Å². The van der Waals surface area contributed by atoms with Crippen molar-refractivity contribution in [3.05, 3.63) is 11.6 Å². The van der Waals surface area contributed by atoms with Gasteiger partial charge in [0.15, 0.2) is 0 Å². The highest BCUT2D eigenvalue weighted by Crippen LogP contribution is 2.35. The fourth-order valence-electron chi connectivity index (χ4n) is 3.55. The lowest BCUT2D eigenvalue weighted by Crippen LogP contribution is -2.14. The van der Waals surface area contributed by atoms with Crippen LogP contribution in [-0.4, -0.2) is 28.1 Å². The number of Topliss-reactive ketones (excluding diaryl/α,β-unsaturated/α-hetero) is 1. The average Bonchev–Trinajstić information content (AvgIpc) is 2.90. The monoisotopic (exact) mass is 338 g/mol. The van der Waals surface area contributed by atoms with E-state index in [0.29, 0.717) is 6.42 Å². The summed E-state index contributed by atoms with van der Waals surface area (Å²) in [6.07, 6.45) is 15.1. The van der Waals surface area contributed by atoms with Gasteiger partial charge in [0.05, 0.1) is 6.10 Å². The third-order valence-electron chi connectivity index (χ3n) is 5.04. The summed E-state index contributed by atoms with van der Waals surface area (Å²) in [7, 11) is 0. The quantitative estimate of drug-likeness (QED) is 0.291. The maximum atomic E-state index is 11.0. The Morgan fingerprint density at radius 2 is 1.79 bits per heavy atom. The Hall–Kier alpha value is -1.16. The van der Waals surface area contributed by atoms with Gasteiger partial charge in [0.25, 0.3) is 0 Å². The second-order valence-electron chi connectivity index (χ2n) is 7.02. The Balaban J connectivity index is 2.23. The summed E-state index contributed by atoms with van der Waals surface area (Å²) in [5.74, 6) is -1.75. The first-order chi connectivity index (χ1) is 11.6. The van der Waals surface area contributed by atoms with E-state index in [1.807, 2.05) is 0 Å². The maximum Gasteiger partial charge on any atom is 0.372 e. The van der Waals surface area contributed by atoms with Gasteiger partial charge in [-0.15, -0.1) is 0 Å². The van der Waals surface area contributed by atoms with Crippen LogP contribution in [0.2, 0.25) is 0 Å². The second kappa shape index (κ2) is 12.2. The summed E-state index contributed by atoms with van der Waals surface area (Å²) in [5.41, 5.74) is 1.42. The summed E-state index contributed by atoms with van der Waals surface area (Å²) >= 11 is 0. The Kier molecular flexibility index (Phi) is 10.6. The summed E-state index contributed by atoms with van der Waals surface area (Å²) in [6, 6.07) is 0. The van der Waals surface area contributed by atoms with E-state index in [9.17, 15) is 14.7 Å². The standard InChI is InChI=1S/C20H34O4/c1-2-3-4-5-6-8-11-16-14-15-18(21)17(16)12-9-7-10-13-19(22)20(23)24/h11,17-18,21H,2-10,12-15H2,1H3,(H,23,24)/t17-,18?/m1/s1. The maximum absolute atomic E-state index is 11.0. The first-order valence-corrected chi connectivity index (χ1v) is 9.69. The highest BCUT2D eigenvalue weighted by molar-refractivity contribution is 6.32. The van der Waals surface area contributed by atoms with Crippen LogP contribution in [0.15, 0.2) is 11.6 Å². The number of carboxylic acids is 1. The van der Waals surface area contributed by atoms with Crippen LogP contribution in [0.25, 0.3) is 0 Å². The Labute approximate surface area is 146 Å². The van der Waals surface area contributed by atoms with Crippen molar-refractivity contribution in [3.8, 4) is 0 Å². The summed E-state index contributed by atoms with van der Waals surface area (Å²) in [4.78, 5) is 21.5. The number of aliphatic carboxylic acids is 1. The van der Waals surface area contributed by atoms with E-state index in [0.717, 1.165) is 38.5 Å². The van der Waals surface area contributed by atoms with Crippen molar-refractivity contribution in [1.29, 1.82) is 0 Å². The van der Waals surface area contributed by atoms with Crippen LogP contribution in [0.5, 0.6) is 0 Å². The van der Waals surface area contributed by atoms with Crippen molar-refractivity contribution in [1.82, 2.24) is 0 Å². The Morgan fingerprint density at radius 3 is 2.50 bits per heavy atom. The smallest absolute Gasteiger partial charge is 0.372 e. The predicted octanol–water partition coefficient (Wildman–Crippen LogP) is 4.65. The van der Waals surface area contributed by atoms with Crippen molar-refractivity contribution in [3.63, 3.8) is 0 Å². The molecule has 138 valence electrons. The zero-order valence-corrected chi connectivity index (χ0v) is 15.1. The molecule has 0 bridgehead atoms. The molecule has 1 aliphatic rings. The van der Waals surface area contributed by atoms with Gasteiger partial charge in [0, 0.05) is 12.3 Å². The van der Waals surface area contributed by atoms with Crippen LogP contribution >= 0.6 is 0 Å². The topological polar surface area (TPSA) is 74.6 Å². The van der Waals surface area contributed by atoms with E-state index in [-0.39, 0.29) is 18.4 Å². The lowest BCUT2D eigenvalue weighted by molar-refractivity contribution is -0.149. The molecule has 0 aromatic rings. The minimum atomic E-state index is -1.33. The van der Waals surface area contributed by atoms with E-state index in [1.54, 1.807) is 0 Å². The molecule has 0 radical (unpaired) electrons. The molecular formula is C20H34O4. The van der Waals surface area contributed by atoms with Crippen molar-refractivity contribution in [2.24, 2.45) is 5.92 Å². The van der Waals surface area contributed by atoms with E-state index >= 15 is 0 Å². The minimum Gasteiger partial charge on any atom is -0.476 e. The highest BCUT2D eigenvalue weighted by Gasteiger charge is 2.28. The molecule has 1 saturated carbocycles. The molecule has 24 heavy (non-hydrogen) atoms. The number of aliphatic hydroxyl groups excluding tert-OH is 1. The fraction of sp³-hybridized carbons (Fsp3) is 0.800. The summed E-state index contributed by atoms with van der Waals surface area (Å²) < 4.78 is 0. The van der Waals surface area contributed by atoms with Gasteiger partial charge >= 0.3 is 5.97 Å². The second-order valence-corrected chi connectivity index (χ2v) is 7.02. The molecule has 0 saturated heterocycles. The first-order valence-electron chi connectivity index (χ1n) is 9.69. The van der Waals surface area contributed by atoms with Gasteiger partial charge in [-0.1, -0.05) is 57.1 Å². The largest absolute Gasteiger partial charge is 0.476 e. The molecule has 4 heteroatoms. The molecule has 2 N–H and O–H groups in total. The zero-order valence-electron chi connectivity index (χ0n) is 15.1. The minimum absolute atomic E-state index is 0.128. The molecule has 4 nitrogen and oxygen atoms in total. The Morgan fingerprint density at radius 1 is 1.08 bits per heavy atom. The molecule has 1 aliphatic carbocycles. The van der Waals surface area contributed by atoms with Crippen LogP contribution in [0, 0.1) is 5.92 Å². The zero-order chi connectivity index (χ0) is 17.8. The number of rotatable bonds is 13. The number of hydrogen-bond acceptors (Lipinski definition) is 3. The van der Waals surface area contributed by atoms with E-state index in [2.05, 4.69) is 13.0 Å². The predicted molar refractivity (Wildman–Crippen MR) is 95.9 cm³/mol. The summed E-state index contributed by atoms with van der Waals surface area (Å²) in [6.45, 7) is 2.23.